The predicted molar refractivity (Wildman–Crippen MR) is 155 cm³/mol. The Hall–Kier alpha value is -4.18. The summed E-state index contributed by atoms with van der Waals surface area (Å²) in [4.78, 5) is 28.6. The van der Waals surface area contributed by atoms with Crippen molar-refractivity contribution in [3.8, 4) is 23.2 Å². The first-order chi connectivity index (χ1) is 21.0. The lowest BCUT2D eigenvalue weighted by Gasteiger charge is -2.41. The smallest absolute Gasteiger partial charge is 0.248 e. The minimum Gasteiger partial charge on any atom is -0.486 e. The SMILES string of the molecule is N#Cc1cc(-c2ncnc(Nc3ccc(C4CCN(C5COC5)CC4)cc3)n2)ccc1O[C@H]1CCN(C(=O)CO)C[C@@H]1F. The normalized spacial score (nSPS) is 21.6. The number of amides is 1. The second-order valence-corrected chi connectivity index (χ2v) is 11.2. The van der Waals surface area contributed by atoms with E-state index in [1.807, 2.05) is 12.1 Å². The number of rotatable bonds is 8. The highest BCUT2D eigenvalue weighted by Crippen LogP contribution is 2.32. The molecule has 0 spiro atoms. The Morgan fingerprint density at radius 1 is 1.12 bits per heavy atom. The molecule has 0 bridgehead atoms. The van der Waals surface area contributed by atoms with Gasteiger partial charge in [-0.05, 0) is 67.7 Å². The second kappa shape index (κ2) is 13.0. The molecule has 11 nitrogen and oxygen atoms in total. The summed E-state index contributed by atoms with van der Waals surface area (Å²) in [7, 11) is 0. The number of hydrogen-bond acceptors (Lipinski definition) is 10. The minimum absolute atomic E-state index is 0.163. The van der Waals surface area contributed by atoms with Gasteiger partial charge < -0.3 is 24.8 Å². The number of hydrogen-bond donors (Lipinski definition) is 2. The second-order valence-electron chi connectivity index (χ2n) is 11.2. The Balaban J connectivity index is 1.08. The predicted octanol–water partition coefficient (Wildman–Crippen LogP) is 3.04. The molecule has 12 heteroatoms. The van der Waals surface area contributed by atoms with Crippen LogP contribution in [0.4, 0.5) is 16.0 Å². The Morgan fingerprint density at radius 3 is 2.58 bits per heavy atom. The highest BCUT2D eigenvalue weighted by Gasteiger charge is 2.33. The van der Waals surface area contributed by atoms with E-state index in [4.69, 9.17) is 14.6 Å². The molecule has 0 saturated carbocycles. The number of aliphatic hydroxyl groups excluding tert-OH is 1. The van der Waals surface area contributed by atoms with Crippen LogP contribution in [-0.4, -0.2) is 100 Å². The summed E-state index contributed by atoms with van der Waals surface area (Å²) in [6.07, 6.45) is 1.70. The monoisotopic (exact) mass is 587 g/mol. The van der Waals surface area contributed by atoms with Crippen molar-refractivity contribution in [2.24, 2.45) is 0 Å². The van der Waals surface area contributed by atoms with Crippen molar-refractivity contribution in [2.75, 3.05) is 51.3 Å². The van der Waals surface area contributed by atoms with E-state index in [0.717, 1.165) is 44.8 Å². The topological polar surface area (TPSA) is 137 Å². The number of likely N-dealkylation sites (tertiary alicyclic amines) is 2. The molecule has 0 unspecified atom stereocenters. The molecule has 2 aromatic carbocycles. The molecule has 3 fully saturated rings. The van der Waals surface area contributed by atoms with Gasteiger partial charge in [-0.3, -0.25) is 9.69 Å². The molecule has 6 rings (SSSR count). The van der Waals surface area contributed by atoms with E-state index in [2.05, 4.69) is 43.4 Å². The van der Waals surface area contributed by atoms with Gasteiger partial charge >= 0.3 is 0 Å². The number of carbonyl (C=O) groups is 1. The molecule has 224 valence electrons. The van der Waals surface area contributed by atoms with Crippen LogP contribution in [0.1, 0.15) is 36.3 Å². The van der Waals surface area contributed by atoms with Crippen LogP contribution in [0.2, 0.25) is 0 Å². The van der Waals surface area contributed by atoms with E-state index in [9.17, 15) is 14.4 Å². The molecule has 1 aromatic heterocycles. The summed E-state index contributed by atoms with van der Waals surface area (Å²) in [6, 6.07) is 16.0. The number of halogens is 1. The molecule has 4 heterocycles. The van der Waals surface area contributed by atoms with Crippen LogP contribution >= 0.6 is 0 Å². The summed E-state index contributed by atoms with van der Waals surface area (Å²) in [6.45, 7) is 3.39. The van der Waals surface area contributed by atoms with Gasteiger partial charge in [-0.15, -0.1) is 0 Å². The Morgan fingerprint density at radius 2 is 1.91 bits per heavy atom. The van der Waals surface area contributed by atoms with Crippen molar-refractivity contribution in [3.05, 3.63) is 59.9 Å². The van der Waals surface area contributed by atoms with E-state index < -0.39 is 24.8 Å². The van der Waals surface area contributed by atoms with Gasteiger partial charge in [0.25, 0.3) is 0 Å². The van der Waals surface area contributed by atoms with Crippen molar-refractivity contribution in [1.82, 2.24) is 24.8 Å². The van der Waals surface area contributed by atoms with E-state index >= 15 is 0 Å². The summed E-state index contributed by atoms with van der Waals surface area (Å²) >= 11 is 0. The molecule has 43 heavy (non-hydrogen) atoms. The maximum Gasteiger partial charge on any atom is 0.248 e. The van der Waals surface area contributed by atoms with Gasteiger partial charge in [0.2, 0.25) is 11.9 Å². The van der Waals surface area contributed by atoms with Crippen molar-refractivity contribution in [3.63, 3.8) is 0 Å². The Bertz CT molecular complexity index is 1470. The van der Waals surface area contributed by atoms with Gasteiger partial charge in [-0.2, -0.15) is 10.2 Å². The number of alkyl halides is 1. The molecule has 2 atom stereocenters. The summed E-state index contributed by atoms with van der Waals surface area (Å²) in [5.74, 6) is 1.03. The van der Waals surface area contributed by atoms with Crippen LogP contribution in [0, 0.1) is 11.3 Å². The van der Waals surface area contributed by atoms with E-state index in [-0.39, 0.29) is 30.8 Å². The lowest BCUT2D eigenvalue weighted by atomic mass is 9.88. The zero-order chi connectivity index (χ0) is 29.8. The fourth-order valence-electron chi connectivity index (χ4n) is 5.86. The number of nitrogens with zero attached hydrogens (tertiary/aromatic N) is 6. The average molecular weight is 588 g/mol. The zero-order valence-corrected chi connectivity index (χ0v) is 23.7. The molecule has 3 aromatic rings. The third-order valence-electron chi connectivity index (χ3n) is 8.48. The lowest BCUT2D eigenvalue weighted by Crippen LogP contribution is -2.51. The maximum absolute atomic E-state index is 14.7. The van der Waals surface area contributed by atoms with E-state index in [1.54, 1.807) is 18.2 Å². The van der Waals surface area contributed by atoms with Gasteiger partial charge in [-0.25, -0.2) is 14.4 Å². The number of carbonyl (C=O) groups excluding carboxylic acids is 1. The standard InChI is InChI=1S/C31H34FN7O4/c32-26-15-39(29(41)16-40)12-9-28(26)43-27-6-3-22(13-23(27)14-33)30-34-19-35-31(37-30)36-24-4-1-20(2-5-24)21-7-10-38(11-8-21)25-17-42-18-25/h1-6,13,19,21,25-26,28,40H,7-12,15-18H2,(H,34,35,36,37)/t26-,28-/m0/s1. The van der Waals surface area contributed by atoms with Gasteiger partial charge in [-0.1, -0.05) is 12.1 Å². The molecule has 0 radical (unpaired) electrons. The quantitative estimate of drug-likeness (QED) is 0.405. The number of nitriles is 1. The summed E-state index contributed by atoms with van der Waals surface area (Å²) < 4.78 is 25.9. The molecule has 1 amide bonds. The largest absolute Gasteiger partial charge is 0.486 e. The number of anilines is 2. The van der Waals surface area contributed by atoms with Crippen LogP contribution in [-0.2, 0) is 9.53 Å². The van der Waals surface area contributed by atoms with Crippen LogP contribution in [0.3, 0.4) is 0 Å². The van der Waals surface area contributed by atoms with Crippen LogP contribution in [0.5, 0.6) is 5.75 Å². The maximum atomic E-state index is 14.7. The molecule has 3 saturated heterocycles. The summed E-state index contributed by atoms with van der Waals surface area (Å²) in [5, 5.41) is 22.0. The number of aromatic nitrogens is 3. The number of piperidine rings is 2. The molecule has 2 N–H and O–H groups in total. The van der Waals surface area contributed by atoms with E-state index in [0.29, 0.717) is 29.3 Å². The first-order valence-electron chi connectivity index (χ1n) is 14.6. The third kappa shape index (κ3) is 6.59. The Labute approximate surface area is 249 Å². The highest BCUT2D eigenvalue weighted by atomic mass is 19.1. The molecular formula is C31H34FN7O4. The zero-order valence-electron chi connectivity index (χ0n) is 23.7. The van der Waals surface area contributed by atoms with Crippen LogP contribution in [0.15, 0.2) is 48.8 Å². The lowest BCUT2D eigenvalue weighted by molar-refractivity contribution is -0.138. The molecular weight excluding hydrogens is 553 g/mol. The number of aliphatic hydroxyl groups is 1. The number of benzene rings is 2. The van der Waals surface area contributed by atoms with Gasteiger partial charge in [0, 0.05) is 24.2 Å². The van der Waals surface area contributed by atoms with Crippen molar-refractivity contribution >= 4 is 17.5 Å². The first kappa shape index (κ1) is 28.9. The van der Waals surface area contributed by atoms with Crippen molar-refractivity contribution in [2.45, 2.75) is 43.5 Å². The van der Waals surface area contributed by atoms with Gasteiger partial charge in [0.05, 0.1) is 31.4 Å². The van der Waals surface area contributed by atoms with Crippen molar-refractivity contribution in [1.29, 1.82) is 5.26 Å². The van der Waals surface area contributed by atoms with Gasteiger partial charge in [0.15, 0.2) is 12.0 Å². The average Bonchev–Trinajstić information content (AvgIpc) is 3.02. The molecule has 3 aliphatic rings. The molecule has 3 aliphatic heterocycles. The van der Waals surface area contributed by atoms with Gasteiger partial charge in [0.1, 0.15) is 30.9 Å². The fraction of sp³-hybridized carbons (Fsp3) is 0.452. The Kier molecular flexibility index (Phi) is 8.74. The fourth-order valence-corrected chi connectivity index (χ4v) is 5.86. The highest BCUT2D eigenvalue weighted by molar-refractivity contribution is 5.77. The minimum atomic E-state index is -1.44. The van der Waals surface area contributed by atoms with E-state index in [1.165, 1.54) is 16.8 Å². The van der Waals surface area contributed by atoms with Crippen LogP contribution < -0.4 is 10.1 Å². The third-order valence-corrected chi connectivity index (χ3v) is 8.48. The first-order valence-corrected chi connectivity index (χ1v) is 14.6. The number of nitrogens with one attached hydrogen (secondary N) is 1. The molecule has 0 aliphatic carbocycles. The van der Waals surface area contributed by atoms with Crippen LogP contribution in [0.25, 0.3) is 11.4 Å². The van der Waals surface area contributed by atoms with Crippen molar-refractivity contribution < 1.29 is 23.8 Å². The summed E-state index contributed by atoms with van der Waals surface area (Å²) in [5.41, 5.74) is 3.00. The number of ether oxygens (including phenoxy) is 2.